The molecule has 0 saturated carbocycles. The molecule has 6 rings (SSSR count). The monoisotopic (exact) mass is 823 g/mol. The first-order valence-electron chi connectivity index (χ1n) is 16.1. The van der Waals surface area contributed by atoms with E-state index < -0.39 is 75.5 Å². The van der Waals surface area contributed by atoms with Crippen LogP contribution >= 0.6 is 0 Å². The van der Waals surface area contributed by atoms with Gasteiger partial charge in [0.05, 0.1) is 6.21 Å². The molecule has 0 heterocycles. The Labute approximate surface area is 318 Å². The number of nitrogens with zero attached hydrogens (tertiary/aromatic N) is 1. The smallest absolute Gasteiger partial charge is 0.334 e. The largest absolute Gasteiger partial charge is 0.483 e. The first-order chi connectivity index (χ1) is 26.3. The van der Waals surface area contributed by atoms with E-state index in [9.17, 15) is 53.3 Å². The Morgan fingerprint density at radius 3 is 1.77 bits per heavy atom. The first-order valence-corrected chi connectivity index (χ1v) is 20.4. The predicted molar refractivity (Wildman–Crippen MR) is 201 cm³/mol. The van der Waals surface area contributed by atoms with Crippen molar-refractivity contribution in [2.24, 2.45) is 5.10 Å². The molecule has 1 unspecified atom stereocenters. The number of hydrogen-bond acceptors (Lipinski definition) is 12. The highest BCUT2D eigenvalue weighted by molar-refractivity contribution is 7.87. The Balaban J connectivity index is 1.21. The fourth-order valence-electron chi connectivity index (χ4n) is 6.08. The van der Waals surface area contributed by atoms with Crippen molar-refractivity contribution in [2.75, 3.05) is 6.61 Å². The number of amides is 2. The van der Waals surface area contributed by atoms with Gasteiger partial charge in [0, 0.05) is 51.7 Å². The molecule has 56 heavy (non-hydrogen) atoms. The zero-order chi connectivity index (χ0) is 40.6. The van der Waals surface area contributed by atoms with E-state index in [0.29, 0.717) is 11.6 Å². The predicted octanol–water partition coefficient (Wildman–Crippen LogP) is 3.51. The maximum absolute atomic E-state index is 12.8. The molecule has 0 saturated heterocycles. The van der Waals surface area contributed by atoms with Gasteiger partial charge >= 0.3 is 5.97 Å². The van der Waals surface area contributed by atoms with Crippen LogP contribution < -0.4 is 20.2 Å². The van der Waals surface area contributed by atoms with Gasteiger partial charge < -0.3 is 14.8 Å². The summed E-state index contributed by atoms with van der Waals surface area (Å²) in [5.74, 6) is -2.06. The molecule has 0 fully saturated rings. The average Bonchev–Trinajstić information content (AvgIpc) is 3.12. The van der Waals surface area contributed by atoms with Crippen molar-refractivity contribution in [2.45, 2.75) is 34.1 Å². The van der Waals surface area contributed by atoms with E-state index in [1.807, 2.05) is 18.2 Å². The molecule has 0 aromatic heterocycles. The molecule has 290 valence electrons. The minimum atomic E-state index is -5.11. The lowest BCUT2D eigenvalue weighted by Gasteiger charge is -2.18. The highest BCUT2D eigenvalue weighted by atomic mass is 32.2. The van der Waals surface area contributed by atoms with E-state index >= 15 is 0 Å². The number of benzene rings is 6. The van der Waals surface area contributed by atoms with Gasteiger partial charge in [-0.25, -0.2) is 10.2 Å². The van der Waals surface area contributed by atoms with Gasteiger partial charge in [0.15, 0.2) is 6.61 Å². The number of carbonyl (C=O) groups excluding carboxylic acids is 3. The third-order valence-corrected chi connectivity index (χ3v) is 11.1. The normalized spacial score (nSPS) is 12.9. The summed E-state index contributed by atoms with van der Waals surface area (Å²) >= 11 is 0. The topological polar surface area (TPSA) is 269 Å². The van der Waals surface area contributed by atoms with Crippen molar-refractivity contribution in [1.82, 2.24) is 10.7 Å². The Morgan fingerprint density at radius 1 is 0.714 bits per heavy atom. The lowest BCUT2D eigenvalue weighted by molar-refractivity contribution is -0.139. The summed E-state index contributed by atoms with van der Waals surface area (Å²) < 4.78 is 115. The Hall–Kier alpha value is -6.03. The minimum absolute atomic E-state index is 0.0415. The van der Waals surface area contributed by atoms with Crippen LogP contribution in [-0.4, -0.2) is 75.6 Å². The maximum Gasteiger partial charge on any atom is 0.334 e. The molecule has 20 heteroatoms. The molecule has 17 nitrogen and oxygen atoms in total. The van der Waals surface area contributed by atoms with Gasteiger partial charge in [-0.05, 0) is 47.5 Å². The molecule has 0 radical (unpaired) electrons. The van der Waals surface area contributed by atoms with E-state index in [4.69, 9.17) is 9.47 Å². The van der Waals surface area contributed by atoms with Gasteiger partial charge in [-0.3, -0.25) is 23.2 Å². The molecule has 0 aliphatic carbocycles. The summed E-state index contributed by atoms with van der Waals surface area (Å²) in [5.41, 5.74) is 3.50. The van der Waals surface area contributed by atoms with E-state index in [2.05, 4.69) is 15.8 Å². The number of rotatable bonds is 13. The van der Waals surface area contributed by atoms with Crippen molar-refractivity contribution in [3.63, 3.8) is 0 Å². The number of hydrazone groups is 1. The lowest BCUT2D eigenvalue weighted by Crippen LogP contribution is -2.43. The standard InChI is InChI=1S/C36H29N3O14S3/c1-20(40)38-28(15-21-5-3-2-4-6-21)36(42)53-23-9-7-22(8-10-23)18-37-39-33(41)19-52-29-16-30(54(43,44)45)25-13-14-27-32(56(49,50)51)17-31(55(46,47)48)26-12-11-24(29)34(25)35(26)27/h2-14,16-18,28H,15,19H2,1H3,(H,38,40)(H,39,41)(H,43,44,45)(H,46,47,48)(H,49,50,51)/b37-18-. The Bertz CT molecular complexity index is 2850. The number of ether oxygens (including phenoxy) is 2. The molecule has 1 atom stereocenters. The molecule has 5 N–H and O–H groups in total. The summed E-state index contributed by atoms with van der Waals surface area (Å²) in [6.07, 6.45) is 1.47. The number of carbonyl (C=O) groups is 3. The Kier molecular flexibility index (Phi) is 10.8. The quantitative estimate of drug-likeness (QED) is 0.0279. The summed E-state index contributed by atoms with van der Waals surface area (Å²) in [5, 5.41) is 5.43. The Morgan fingerprint density at radius 2 is 1.23 bits per heavy atom. The van der Waals surface area contributed by atoms with Crippen LogP contribution in [0.25, 0.3) is 32.3 Å². The van der Waals surface area contributed by atoms with Gasteiger partial charge in [0.2, 0.25) is 5.91 Å². The summed E-state index contributed by atoms with van der Waals surface area (Å²) in [4.78, 5) is 34.7. The number of esters is 1. The highest BCUT2D eigenvalue weighted by Gasteiger charge is 2.28. The van der Waals surface area contributed by atoms with Crippen LogP contribution in [0.15, 0.2) is 111 Å². The molecule has 0 aliphatic rings. The van der Waals surface area contributed by atoms with Gasteiger partial charge in [-0.2, -0.15) is 30.4 Å². The second-order valence-electron chi connectivity index (χ2n) is 12.3. The molecular formula is C36H29N3O14S3. The van der Waals surface area contributed by atoms with Crippen LogP contribution in [0.5, 0.6) is 11.5 Å². The fourth-order valence-corrected chi connectivity index (χ4v) is 8.29. The van der Waals surface area contributed by atoms with E-state index in [1.165, 1.54) is 49.5 Å². The third-order valence-electron chi connectivity index (χ3n) is 8.39. The van der Waals surface area contributed by atoms with Gasteiger partial charge in [0.25, 0.3) is 36.3 Å². The summed E-state index contributed by atoms with van der Waals surface area (Å²) in [6.45, 7) is 0.515. The van der Waals surface area contributed by atoms with E-state index in [1.54, 1.807) is 12.1 Å². The second-order valence-corrected chi connectivity index (χ2v) is 16.4. The number of hydrogen-bond donors (Lipinski definition) is 5. The van der Waals surface area contributed by atoms with Gasteiger partial charge in [0.1, 0.15) is 32.2 Å². The van der Waals surface area contributed by atoms with Crippen LogP contribution in [0, 0.1) is 0 Å². The SMILES string of the molecule is CC(=O)NC(Cc1ccccc1)C(=O)Oc1ccc(/C=N\NC(=O)COc2cc(S(=O)(=O)O)c3ccc4c(S(=O)(=O)O)cc(S(=O)(=O)O)c5ccc2c3c54)cc1. The molecule has 6 aromatic carbocycles. The molecule has 0 spiro atoms. The van der Waals surface area contributed by atoms with E-state index in [0.717, 1.165) is 23.8 Å². The molecule has 0 aliphatic heterocycles. The minimum Gasteiger partial charge on any atom is -0.483 e. The van der Waals surface area contributed by atoms with Gasteiger partial charge in [-0.15, -0.1) is 0 Å². The fraction of sp³-hybridized carbons (Fsp3) is 0.111. The molecular weight excluding hydrogens is 795 g/mol. The molecule has 2 amide bonds. The zero-order valence-corrected chi connectivity index (χ0v) is 31.2. The van der Waals surface area contributed by atoms with Crippen LogP contribution in [0.3, 0.4) is 0 Å². The van der Waals surface area contributed by atoms with Crippen molar-refractivity contribution >= 4 is 86.7 Å². The maximum atomic E-state index is 12.8. The van der Waals surface area contributed by atoms with Crippen LogP contribution in [0.1, 0.15) is 18.1 Å². The van der Waals surface area contributed by atoms with Crippen molar-refractivity contribution in [1.29, 1.82) is 0 Å². The first kappa shape index (κ1) is 39.7. The highest BCUT2D eigenvalue weighted by Crippen LogP contribution is 2.45. The van der Waals surface area contributed by atoms with Crippen LogP contribution in [0.4, 0.5) is 0 Å². The van der Waals surface area contributed by atoms with Gasteiger partial charge in [-0.1, -0.05) is 48.5 Å². The van der Waals surface area contributed by atoms with E-state index in [-0.39, 0.29) is 50.2 Å². The number of nitrogens with one attached hydrogen (secondary N) is 2. The van der Waals surface area contributed by atoms with Crippen molar-refractivity contribution < 1.29 is 62.8 Å². The third kappa shape index (κ3) is 8.59. The van der Waals surface area contributed by atoms with Crippen molar-refractivity contribution in [3.8, 4) is 11.5 Å². The van der Waals surface area contributed by atoms with Crippen LogP contribution in [-0.2, 0) is 51.2 Å². The lowest BCUT2D eigenvalue weighted by atomic mass is 9.93. The summed E-state index contributed by atoms with van der Waals surface area (Å²) in [6, 6.07) is 20.3. The second kappa shape index (κ2) is 15.2. The van der Waals surface area contributed by atoms with Crippen LogP contribution in [0.2, 0.25) is 0 Å². The zero-order valence-electron chi connectivity index (χ0n) is 28.7. The molecule has 0 bridgehead atoms. The molecule has 6 aromatic rings. The summed E-state index contributed by atoms with van der Waals surface area (Å²) in [7, 11) is -15.2. The average molecular weight is 824 g/mol. The van der Waals surface area contributed by atoms with Crippen molar-refractivity contribution in [3.05, 3.63) is 102 Å².